The zero-order valence-corrected chi connectivity index (χ0v) is 10.3. The Hall–Kier alpha value is -1.06. The monoisotopic (exact) mass is 259 g/mol. The molecule has 0 fully saturated rings. The Kier molecular flexibility index (Phi) is 6.80. The van der Waals surface area contributed by atoms with E-state index >= 15 is 0 Å². The summed E-state index contributed by atoms with van der Waals surface area (Å²) in [6.07, 6.45) is 4.48. The third-order valence-corrected chi connectivity index (χ3v) is 4.00. The van der Waals surface area contributed by atoms with Crippen LogP contribution >= 0.6 is 0 Å². The Morgan fingerprint density at radius 1 is 1.21 bits per heavy atom. The molecule has 0 aromatic carbocycles. The molecule has 0 aromatic heterocycles. The van der Waals surface area contributed by atoms with E-state index in [2.05, 4.69) is 29.0 Å². The maximum atomic E-state index is 9.06. The van der Waals surface area contributed by atoms with Crippen molar-refractivity contribution in [3.8, 4) is 0 Å². The van der Waals surface area contributed by atoms with Crippen LogP contribution in [0.15, 0.2) is 24.3 Å². The van der Waals surface area contributed by atoms with Crippen LogP contribution in [-0.4, -0.2) is 21.2 Å². The van der Waals surface area contributed by atoms with E-state index in [1.165, 1.54) is 8.89 Å². The van der Waals surface area contributed by atoms with Gasteiger partial charge in [-0.3, -0.25) is 0 Å². The van der Waals surface area contributed by atoms with Crippen LogP contribution in [0.5, 0.6) is 0 Å². The van der Waals surface area contributed by atoms with Crippen molar-refractivity contribution in [3.05, 3.63) is 24.3 Å². The molecule has 0 heterocycles. The molecule has 5 nitrogen and oxygen atoms in total. The normalized spacial score (nSPS) is 13.4. The standard InChI is InChI=1S/C5H5.C2H2O5.Co.H3Si/c1-2-4-5-3-1;3-1(4)7-2(5)6;;/h1-5H;(H,3,4)(H,5,6);;1H3/q;;+2;/p-2. The molecule has 1 aliphatic carbocycles. The summed E-state index contributed by atoms with van der Waals surface area (Å²) in [6, 6.07) is 0. The van der Waals surface area contributed by atoms with Gasteiger partial charge in [0.05, 0.1) is 0 Å². The van der Waals surface area contributed by atoms with Crippen molar-refractivity contribution in [3.63, 3.8) is 0 Å². The zero-order chi connectivity index (χ0) is 11.0. The van der Waals surface area contributed by atoms with Crippen molar-refractivity contribution in [2.75, 3.05) is 0 Å². The number of hydrogen-bond donors (Lipinski definition) is 0. The molecular weight excluding hydrogens is 251 g/mol. The van der Waals surface area contributed by atoms with Gasteiger partial charge >= 0.3 is 52.1 Å². The number of hydrogen-bond acceptors (Lipinski definition) is 5. The van der Waals surface area contributed by atoms with Gasteiger partial charge < -0.3 is 24.5 Å². The van der Waals surface area contributed by atoms with E-state index in [1.54, 1.807) is 14.1 Å². The fourth-order valence-electron chi connectivity index (χ4n) is 0.591. The number of carbonyl (C=O) groups excluding carboxylic acids is 2. The number of carboxylic acid groups (broad SMARTS) is 2. The quantitative estimate of drug-likeness (QED) is 0.307. The summed E-state index contributed by atoms with van der Waals surface area (Å²) in [5.74, 6) is 0. The average Bonchev–Trinajstić information content (AvgIpc) is 2.53. The van der Waals surface area contributed by atoms with Crippen molar-refractivity contribution < 1.29 is 38.6 Å². The predicted molar refractivity (Wildman–Crippen MR) is 43.8 cm³/mol. The molecule has 0 atom stereocenters. The van der Waals surface area contributed by atoms with E-state index in [1.807, 2.05) is 0 Å². The van der Waals surface area contributed by atoms with Crippen LogP contribution < -0.4 is 10.2 Å². The molecule has 0 spiro atoms. The predicted octanol–water partition coefficient (Wildman–Crippen LogP) is -2.05. The van der Waals surface area contributed by atoms with Crippen molar-refractivity contribution in [2.45, 2.75) is 4.85 Å². The molecule has 0 saturated carbocycles. The first-order chi connectivity index (χ1) is 6.56. The summed E-state index contributed by atoms with van der Waals surface area (Å²) in [4.78, 5) is 18.9. The molecule has 1 aliphatic rings. The van der Waals surface area contributed by atoms with Crippen LogP contribution in [0.2, 0.25) is 4.85 Å². The third kappa shape index (κ3) is 7.59. The summed E-state index contributed by atoms with van der Waals surface area (Å²) >= 11 is 1.61. The Morgan fingerprint density at radius 3 is 1.79 bits per heavy atom. The fraction of sp³-hybridized carbons (Fsp3) is 0.143. The molecule has 0 amide bonds. The molecule has 14 heavy (non-hydrogen) atoms. The van der Waals surface area contributed by atoms with Gasteiger partial charge in [0.25, 0.3) is 12.3 Å². The summed E-state index contributed by atoms with van der Waals surface area (Å²) in [5, 5.41) is 18.1. The van der Waals surface area contributed by atoms with E-state index in [9.17, 15) is 0 Å². The molecule has 0 aromatic rings. The average molecular weight is 259 g/mol. The Balaban J connectivity index is 0.000000241. The van der Waals surface area contributed by atoms with E-state index in [-0.39, 0.29) is 0 Å². The van der Waals surface area contributed by atoms with Crippen molar-refractivity contribution in [1.29, 1.82) is 0 Å². The van der Waals surface area contributed by atoms with Gasteiger partial charge in [-0.15, -0.1) is 0 Å². The fourth-order valence-corrected chi connectivity index (χ4v) is 2.28. The van der Waals surface area contributed by atoms with Gasteiger partial charge in [-0.05, 0) is 0 Å². The van der Waals surface area contributed by atoms with Gasteiger partial charge in [0.15, 0.2) is 0 Å². The molecule has 1 rings (SSSR count). The van der Waals surface area contributed by atoms with Gasteiger partial charge in [-0.2, -0.15) is 0 Å². The van der Waals surface area contributed by atoms with E-state index < -0.39 is 12.3 Å². The molecule has 0 unspecified atom stereocenters. The van der Waals surface area contributed by atoms with Crippen LogP contribution in [0.4, 0.5) is 9.59 Å². The molecule has 0 radical (unpaired) electrons. The molecule has 79 valence electrons. The third-order valence-electron chi connectivity index (χ3n) is 1.07. The molecule has 0 aliphatic heterocycles. The minimum atomic E-state index is -2.12. The van der Waals surface area contributed by atoms with Crippen molar-refractivity contribution >= 4 is 21.2 Å². The molecular formula is C7H8CoO5Si. The second-order valence-corrected chi connectivity index (χ2v) is 4.86. The zero-order valence-electron chi connectivity index (χ0n) is 7.26. The van der Waals surface area contributed by atoms with Crippen molar-refractivity contribution in [1.82, 2.24) is 0 Å². The van der Waals surface area contributed by atoms with E-state index in [4.69, 9.17) is 19.8 Å². The SMILES string of the molecule is O=C([O-])OC(=O)[O-].[SiH3][Co+2][CH]1C=CC=C1. The Labute approximate surface area is 89.3 Å². The Morgan fingerprint density at radius 2 is 1.64 bits per heavy atom. The van der Waals surface area contributed by atoms with E-state index in [0.717, 1.165) is 4.85 Å². The van der Waals surface area contributed by atoms with Crippen LogP contribution in [0.3, 0.4) is 0 Å². The van der Waals surface area contributed by atoms with Gasteiger partial charge in [0.2, 0.25) is 0 Å². The first-order valence-corrected chi connectivity index (χ1v) is 7.81. The van der Waals surface area contributed by atoms with Gasteiger partial charge in [0, 0.05) is 0 Å². The molecule has 0 bridgehead atoms. The summed E-state index contributed by atoms with van der Waals surface area (Å²) in [6.45, 7) is 0. The summed E-state index contributed by atoms with van der Waals surface area (Å²) in [7, 11) is 1.30. The van der Waals surface area contributed by atoms with E-state index in [0.29, 0.717) is 0 Å². The first kappa shape index (κ1) is 12.9. The molecule has 0 saturated heterocycles. The second kappa shape index (κ2) is 7.36. The van der Waals surface area contributed by atoms with Crippen LogP contribution in [0.25, 0.3) is 0 Å². The van der Waals surface area contributed by atoms with Gasteiger partial charge in [-0.1, -0.05) is 0 Å². The number of carbonyl (C=O) groups is 2. The molecule has 0 N–H and O–H groups in total. The van der Waals surface area contributed by atoms with Crippen LogP contribution in [0, 0.1) is 0 Å². The first-order valence-electron chi connectivity index (χ1n) is 3.42. The number of rotatable bonds is 1. The second-order valence-electron chi connectivity index (χ2n) is 1.98. The maximum absolute atomic E-state index is 9.06. The summed E-state index contributed by atoms with van der Waals surface area (Å²) < 4.78 is 2.86. The number of ether oxygens (including phenoxy) is 1. The van der Waals surface area contributed by atoms with Crippen molar-refractivity contribution in [2.24, 2.45) is 0 Å². The van der Waals surface area contributed by atoms with Crippen LogP contribution in [0.1, 0.15) is 0 Å². The summed E-state index contributed by atoms with van der Waals surface area (Å²) in [5.41, 5.74) is 0. The number of allylic oxidation sites excluding steroid dienone is 4. The minimum absolute atomic E-state index is 0.767. The van der Waals surface area contributed by atoms with Gasteiger partial charge in [0.1, 0.15) is 0 Å². The molecule has 7 heteroatoms. The Bertz CT molecular complexity index is 239. The van der Waals surface area contributed by atoms with Gasteiger partial charge in [-0.25, -0.2) is 0 Å². The van der Waals surface area contributed by atoms with Crippen LogP contribution in [-0.2, 0) is 18.8 Å². The topological polar surface area (TPSA) is 89.5 Å².